The van der Waals surface area contributed by atoms with Crippen LogP contribution < -0.4 is 9.47 Å². The molecule has 0 fully saturated rings. The smallest absolute Gasteiger partial charge is 0.338 e. The lowest BCUT2D eigenvalue weighted by Crippen LogP contribution is -2.08. The zero-order chi connectivity index (χ0) is 13.8. The van der Waals surface area contributed by atoms with E-state index in [1.807, 2.05) is 37.3 Å². The molecule has 2 aromatic rings. The van der Waals surface area contributed by atoms with Crippen LogP contribution in [0.2, 0.25) is 0 Å². The van der Waals surface area contributed by atoms with E-state index in [-0.39, 0.29) is 0 Å². The molecule has 0 saturated heterocycles. The van der Waals surface area contributed by atoms with Gasteiger partial charge < -0.3 is 9.47 Å². The van der Waals surface area contributed by atoms with Gasteiger partial charge in [0.1, 0.15) is 11.5 Å². The lowest BCUT2D eigenvalue weighted by atomic mass is 10.1. The Morgan fingerprint density at radius 2 is 1.68 bits per heavy atom. The number of carbonyl (C=O) groups is 1. The summed E-state index contributed by atoms with van der Waals surface area (Å²) in [6.07, 6.45) is 0. The second kappa shape index (κ2) is 5.57. The molecule has 0 spiro atoms. The van der Waals surface area contributed by atoms with Crippen molar-refractivity contribution in [2.24, 2.45) is 0 Å². The van der Waals surface area contributed by atoms with Crippen molar-refractivity contribution in [1.29, 1.82) is 0 Å². The summed E-state index contributed by atoms with van der Waals surface area (Å²) < 4.78 is 10.9. The van der Waals surface area contributed by atoms with Gasteiger partial charge in [-0.15, -0.1) is 0 Å². The number of carbonyl (C=O) groups excluding carboxylic acids is 1. The fourth-order valence-electron chi connectivity index (χ4n) is 1.81. The zero-order valence-electron chi connectivity index (χ0n) is 11.1. The minimum atomic E-state index is -0.422. The summed E-state index contributed by atoms with van der Waals surface area (Å²) in [6, 6.07) is 11.2. The number of rotatable bonds is 4. The van der Waals surface area contributed by atoms with Gasteiger partial charge in [0.05, 0.1) is 6.61 Å². The number of esters is 1. The van der Waals surface area contributed by atoms with E-state index in [4.69, 9.17) is 9.47 Å². The van der Waals surface area contributed by atoms with Gasteiger partial charge in [-0.3, -0.25) is 0 Å². The maximum absolute atomic E-state index is 11.6. The molecule has 3 heteroatoms. The van der Waals surface area contributed by atoms with Crippen LogP contribution in [0.3, 0.4) is 0 Å². The third-order valence-corrected chi connectivity index (χ3v) is 2.69. The van der Waals surface area contributed by atoms with Crippen molar-refractivity contribution in [3.05, 3.63) is 48.6 Å². The summed E-state index contributed by atoms with van der Waals surface area (Å²) in [7, 11) is 0. The Morgan fingerprint density at radius 1 is 1.11 bits per heavy atom. The van der Waals surface area contributed by atoms with Crippen molar-refractivity contribution in [2.45, 2.75) is 13.8 Å². The molecule has 0 aliphatic carbocycles. The Kier molecular flexibility index (Phi) is 3.85. The number of hydrogen-bond donors (Lipinski definition) is 0. The molecule has 0 aliphatic heterocycles. The normalized spacial score (nSPS) is 10.2. The lowest BCUT2D eigenvalue weighted by Gasteiger charge is -2.11. The summed E-state index contributed by atoms with van der Waals surface area (Å²) in [6.45, 7) is 7.73. The van der Waals surface area contributed by atoms with Crippen molar-refractivity contribution in [2.75, 3.05) is 6.61 Å². The molecule has 3 nitrogen and oxygen atoms in total. The van der Waals surface area contributed by atoms with Crippen molar-refractivity contribution in [3.8, 4) is 11.5 Å². The highest BCUT2D eigenvalue weighted by atomic mass is 16.5. The van der Waals surface area contributed by atoms with Gasteiger partial charge in [0, 0.05) is 16.3 Å². The fourth-order valence-corrected chi connectivity index (χ4v) is 1.81. The summed E-state index contributed by atoms with van der Waals surface area (Å²) in [5.41, 5.74) is 0.373. The molecule has 2 aromatic carbocycles. The molecular formula is C16H16O3. The van der Waals surface area contributed by atoms with Gasteiger partial charge in [-0.2, -0.15) is 0 Å². The first-order valence-electron chi connectivity index (χ1n) is 6.15. The molecule has 0 radical (unpaired) electrons. The maximum Gasteiger partial charge on any atom is 0.338 e. The van der Waals surface area contributed by atoms with Crippen LogP contribution in [0.4, 0.5) is 0 Å². The van der Waals surface area contributed by atoms with E-state index >= 15 is 0 Å². The van der Waals surface area contributed by atoms with E-state index in [0.717, 1.165) is 16.5 Å². The average molecular weight is 256 g/mol. The van der Waals surface area contributed by atoms with E-state index in [1.54, 1.807) is 13.0 Å². The van der Waals surface area contributed by atoms with Crippen LogP contribution in [-0.2, 0) is 4.79 Å². The molecular weight excluding hydrogens is 240 g/mol. The molecule has 98 valence electrons. The van der Waals surface area contributed by atoms with Crippen molar-refractivity contribution < 1.29 is 14.3 Å². The zero-order valence-corrected chi connectivity index (χ0v) is 11.1. The van der Waals surface area contributed by atoms with Gasteiger partial charge in [0.2, 0.25) is 0 Å². The third-order valence-electron chi connectivity index (χ3n) is 2.69. The first kappa shape index (κ1) is 13.1. The Balaban J connectivity index is 2.48. The SMILES string of the molecule is C=C(C)C(=O)Oc1cccc2c(OCC)cccc12. The van der Waals surface area contributed by atoms with Crippen LogP contribution in [0, 0.1) is 0 Å². The van der Waals surface area contributed by atoms with Gasteiger partial charge in [0.15, 0.2) is 0 Å². The van der Waals surface area contributed by atoms with E-state index in [1.165, 1.54) is 0 Å². The largest absolute Gasteiger partial charge is 0.493 e. The monoisotopic (exact) mass is 256 g/mol. The number of ether oxygens (including phenoxy) is 2. The van der Waals surface area contributed by atoms with Gasteiger partial charge in [-0.05, 0) is 26.0 Å². The average Bonchev–Trinajstić information content (AvgIpc) is 2.40. The lowest BCUT2D eigenvalue weighted by molar-refractivity contribution is -0.129. The Hall–Kier alpha value is -2.29. The topological polar surface area (TPSA) is 35.5 Å². The van der Waals surface area contributed by atoms with Crippen LogP contribution >= 0.6 is 0 Å². The van der Waals surface area contributed by atoms with Crippen molar-refractivity contribution >= 4 is 16.7 Å². The standard InChI is InChI=1S/C16H16O3/c1-4-18-14-9-5-8-13-12(14)7-6-10-15(13)19-16(17)11(2)3/h5-10H,2,4H2,1,3H3. The number of fused-ring (bicyclic) bond motifs is 1. The highest BCUT2D eigenvalue weighted by Crippen LogP contribution is 2.32. The van der Waals surface area contributed by atoms with Crippen molar-refractivity contribution in [3.63, 3.8) is 0 Å². The van der Waals surface area contributed by atoms with Crippen LogP contribution in [0.5, 0.6) is 11.5 Å². The molecule has 0 unspecified atom stereocenters. The van der Waals surface area contributed by atoms with Gasteiger partial charge >= 0.3 is 5.97 Å². The van der Waals surface area contributed by atoms with Gasteiger partial charge in [-0.1, -0.05) is 30.8 Å². The van der Waals surface area contributed by atoms with E-state index < -0.39 is 5.97 Å². The molecule has 0 atom stereocenters. The molecule has 0 bridgehead atoms. The highest BCUT2D eigenvalue weighted by Gasteiger charge is 2.10. The van der Waals surface area contributed by atoms with Crippen LogP contribution in [-0.4, -0.2) is 12.6 Å². The summed E-state index contributed by atoms with van der Waals surface area (Å²) in [5, 5.41) is 1.78. The Bertz CT molecular complexity index is 629. The molecule has 2 rings (SSSR count). The van der Waals surface area contributed by atoms with Crippen LogP contribution in [0.1, 0.15) is 13.8 Å². The van der Waals surface area contributed by atoms with Crippen molar-refractivity contribution in [1.82, 2.24) is 0 Å². The number of hydrogen-bond acceptors (Lipinski definition) is 3. The predicted octanol–water partition coefficient (Wildman–Crippen LogP) is 3.72. The molecule has 0 saturated carbocycles. The van der Waals surface area contributed by atoms with E-state index in [2.05, 4.69) is 6.58 Å². The van der Waals surface area contributed by atoms with Gasteiger partial charge in [0.25, 0.3) is 0 Å². The molecule has 0 aromatic heterocycles. The van der Waals surface area contributed by atoms with E-state index in [9.17, 15) is 4.79 Å². The van der Waals surface area contributed by atoms with Crippen LogP contribution in [0.15, 0.2) is 48.6 Å². The molecule has 0 heterocycles. The second-order valence-corrected chi connectivity index (χ2v) is 4.21. The summed E-state index contributed by atoms with van der Waals surface area (Å²) in [4.78, 5) is 11.6. The third kappa shape index (κ3) is 2.76. The maximum atomic E-state index is 11.6. The fraction of sp³-hybridized carbons (Fsp3) is 0.188. The molecule has 0 aliphatic rings. The van der Waals surface area contributed by atoms with E-state index in [0.29, 0.717) is 17.9 Å². The van der Waals surface area contributed by atoms with Gasteiger partial charge in [-0.25, -0.2) is 4.79 Å². The summed E-state index contributed by atoms with van der Waals surface area (Å²) in [5.74, 6) is 0.884. The Morgan fingerprint density at radius 3 is 2.26 bits per heavy atom. The highest BCUT2D eigenvalue weighted by molar-refractivity contribution is 5.96. The van der Waals surface area contributed by atoms with Crippen LogP contribution in [0.25, 0.3) is 10.8 Å². The second-order valence-electron chi connectivity index (χ2n) is 4.21. The molecule has 0 N–H and O–H groups in total. The first-order chi connectivity index (χ1) is 9.13. The quantitative estimate of drug-likeness (QED) is 0.475. The Labute approximate surface area is 112 Å². The molecule has 0 amide bonds. The molecule has 19 heavy (non-hydrogen) atoms. The first-order valence-corrected chi connectivity index (χ1v) is 6.15. The minimum absolute atomic E-state index is 0.373. The number of benzene rings is 2. The predicted molar refractivity (Wildman–Crippen MR) is 75.6 cm³/mol. The minimum Gasteiger partial charge on any atom is -0.493 e. The summed E-state index contributed by atoms with van der Waals surface area (Å²) >= 11 is 0.